The van der Waals surface area contributed by atoms with Crippen molar-refractivity contribution in [1.82, 2.24) is 30.0 Å². The van der Waals surface area contributed by atoms with Gasteiger partial charge in [0.15, 0.2) is 5.82 Å². The first kappa shape index (κ1) is 18.0. The number of benzene rings is 1. The molecule has 1 aliphatic rings. The van der Waals surface area contributed by atoms with E-state index in [0.717, 1.165) is 18.5 Å². The number of fused-ring (bicyclic) bond motifs is 1. The van der Waals surface area contributed by atoms with Crippen LogP contribution in [0.25, 0.3) is 10.8 Å². The van der Waals surface area contributed by atoms with Crippen LogP contribution in [0.3, 0.4) is 0 Å². The molecule has 9 nitrogen and oxygen atoms in total. The van der Waals surface area contributed by atoms with Gasteiger partial charge in [0.05, 0.1) is 6.54 Å². The van der Waals surface area contributed by atoms with Gasteiger partial charge in [-0.1, -0.05) is 12.1 Å². The van der Waals surface area contributed by atoms with Crippen molar-refractivity contribution in [2.75, 3.05) is 24.5 Å². The number of anilines is 1. The van der Waals surface area contributed by atoms with Crippen LogP contribution in [-0.2, 0) is 13.6 Å². The Bertz CT molecular complexity index is 1050. The first-order valence-corrected chi connectivity index (χ1v) is 9.27. The summed E-state index contributed by atoms with van der Waals surface area (Å²) in [5.74, 6) is 0.494. The molecule has 2 N–H and O–H groups in total. The van der Waals surface area contributed by atoms with Crippen LogP contribution in [0.4, 0.5) is 10.5 Å². The molecule has 0 bridgehead atoms. The molecule has 4 rings (SSSR count). The van der Waals surface area contributed by atoms with Crippen LogP contribution < -0.4 is 15.9 Å². The second-order valence-corrected chi connectivity index (χ2v) is 7.03. The molecule has 2 amide bonds. The van der Waals surface area contributed by atoms with Crippen molar-refractivity contribution in [3.63, 3.8) is 0 Å². The first-order valence-electron chi connectivity index (χ1n) is 9.27. The SMILES string of the molecule is CC1CN(c2cccc3cnccc23)CCN1C(=O)NCc1n[nH]c(=O)n1C. The number of piperazine rings is 1. The van der Waals surface area contributed by atoms with Gasteiger partial charge in [0.25, 0.3) is 0 Å². The number of nitrogens with one attached hydrogen (secondary N) is 2. The number of amides is 2. The molecule has 3 aromatic rings. The minimum Gasteiger partial charge on any atom is -0.367 e. The van der Waals surface area contributed by atoms with Crippen LogP contribution in [0.5, 0.6) is 0 Å². The van der Waals surface area contributed by atoms with Crippen LogP contribution >= 0.6 is 0 Å². The lowest BCUT2D eigenvalue weighted by molar-refractivity contribution is 0.171. The Morgan fingerprint density at radius 1 is 1.32 bits per heavy atom. The van der Waals surface area contributed by atoms with Crippen molar-refractivity contribution in [2.45, 2.75) is 19.5 Å². The topological polar surface area (TPSA) is 99.2 Å². The summed E-state index contributed by atoms with van der Waals surface area (Å²) >= 11 is 0. The summed E-state index contributed by atoms with van der Waals surface area (Å²) in [5, 5.41) is 11.4. The van der Waals surface area contributed by atoms with Crippen molar-refractivity contribution in [3.8, 4) is 0 Å². The lowest BCUT2D eigenvalue weighted by atomic mass is 10.1. The first-order chi connectivity index (χ1) is 13.5. The fraction of sp³-hybridized carbons (Fsp3) is 0.368. The molecule has 1 saturated heterocycles. The summed E-state index contributed by atoms with van der Waals surface area (Å²) < 4.78 is 1.39. The standard InChI is InChI=1S/C19H23N7O2/c1-13-12-25(16-5-3-4-14-10-20-7-6-15(14)16)8-9-26(13)18(27)21-11-17-22-23-19(28)24(17)2/h3-7,10,13H,8-9,11-12H2,1-2H3,(H,21,27)(H,23,28). The maximum Gasteiger partial charge on any atom is 0.343 e. The third kappa shape index (κ3) is 3.30. The molecule has 0 aliphatic carbocycles. The van der Waals surface area contributed by atoms with E-state index in [1.807, 2.05) is 30.2 Å². The molecule has 0 spiro atoms. The van der Waals surface area contributed by atoms with Gasteiger partial charge in [-0.15, -0.1) is 0 Å². The molecule has 2 aromatic heterocycles. The summed E-state index contributed by atoms with van der Waals surface area (Å²) in [6, 6.07) is 8.14. The van der Waals surface area contributed by atoms with Gasteiger partial charge in [0.2, 0.25) is 0 Å². The third-order valence-electron chi connectivity index (χ3n) is 5.26. The van der Waals surface area contributed by atoms with E-state index in [9.17, 15) is 9.59 Å². The number of pyridine rings is 1. The van der Waals surface area contributed by atoms with Gasteiger partial charge in [0.1, 0.15) is 0 Å². The molecular weight excluding hydrogens is 358 g/mol. The smallest absolute Gasteiger partial charge is 0.343 e. The number of hydrogen-bond acceptors (Lipinski definition) is 5. The predicted molar refractivity (Wildman–Crippen MR) is 106 cm³/mol. The molecular formula is C19H23N7O2. The summed E-state index contributed by atoms with van der Waals surface area (Å²) in [6.07, 6.45) is 3.68. The summed E-state index contributed by atoms with van der Waals surface area (Å²) in [6.45, 7) is 4.36. The van der Waals surface area contributed by atoms with Gasteiger partial charge < -0.3 is 15.1 Å². The Balaban J connectivity index is 1.43. The number of hydrogen-bond donors (Lipinski definition) is 2. The van der Waals surface area contributed by atoms with E-state index >= 15 is 0 Å². The average Bonchev–Trinajstić information content (AvgIpc) is 3.03. The van der Waals surface area contributed by atoms with Gasteiger partial charge in [-0.25, -0.2) is 14.7 Å². The minimum atomic E-state index is -0.295. The maximum atomic E-state index is 12.6. The molecule has 1 fully saturated rings. The zero-order valence-corrected chi connectivity index (χ0v) is 15.9. The second kappa shape index (κ2) is 7.34. The highest BCUT2D eigenvalue weighted by atomic mass is 16.2. The highest BCUT2D eigenvalue weighted by Crippen LogP contribution is 2.28. The largest absolute Gasteiger partial charge is 0.367 e. The lowest BCUT2D eigenvalue weighted by Crippen LogP contribution is -2.56. The Labute approximate surface area is 162 Å². The van der Waals surface area contributed by atoms with Gasteiger partial charge >= 0.3 is 11.7 Å². The number of aromatic nitrogens is 4. The molecule has 1 aromatic carbocycles. The number of nitrogens with zero attached hydrogens (tertiary/aromatic N) is 5. The normalized spacial score (nSPS) is 17.1. The zero-order chi connectivity index (χ0) is 19.7. The van der Waals surface area contributed by atoms with E-state index in [-0.39, 0.29) is 24.3 Å². The van der Waals surface area contributed by atoms with Gasteiger partial charge in [-0.3, -0.25) is 9.55 Å². The number of rotatable bonds is 3. The summed E-state index contributed by atoms with van der Waals surface area (Å²) in [4.78, 5) is 32.4. The van der Waals surface area contributed by atoms with E-state index in [1.54, 1.807) is 13.2 Å². The third-order valence-corrected chi connectivity index (χ3v) is 5.26. The maximum absolute atomic E-state index is 12.6. The quantitative estimate of drug-likeness (QED) is 0.707. The van der Waals surface area contributed by atoms with Crippen LogP contribution in [0.15, 0.2) is 41.5 Å². The molecule has 3 heterocycles. The van der Waals surface area contributed by atoms with Gasteiger partial charge in [-0.05, 0) is 19.1 Å². The van der Waals surface area contributed by atoms with Crippen molar-refractivity contribution < 1.29 is 4.79 Å². The lowest BCUT2D eigenvalue weighted by Gasteiger charge is -2.41. The highest BCUT2D eigenvalue weighted by Gasteiger charge is 2.28. The van der Waals surface area contributed by atoms with Crippen LogP contribution in [-0.4, -0.2) is 56.4 Å². The fourth-order valence-corrected chi connectivity index (χ4v) is 3.65. The monoisotopic (exact) mass is 381 g/mol. The van der Waals surface area contributed by atoms with E-state index in [4.69, 9.17) is 0 Å². The molecule has 146 valence electrons. The molecule has 28 heavy (non-hydrogen) atoms. The highest BCUT2D eigenvalue weighted by molar-refractivity contribution is 5.93. The second-order valence-electron chi connectivity index (χ2n) is 7.03. The molecule has 1 atom stereocenters. The number of aromatic amines is 1. The van der Waals surface area contributed by atoms with E-state index < -0.39 is 0 Å². The molecule has 1 aliphatic heterocycles. The van der Waals surface area contributed by atoms with Crippen molar-refractivity contribution in [1.29, 1.82) is 0 Å². The predicted octanol–water partition coefficient (Wildman–Crippen LogP) is 1.08. The summed E-state index contributed by atoms with van der Waals surface area (Å²) in [5.41, 5.74) is 0.870. The Hall–Kier alpha value is -3.36. The van der Waals surface area contributed by atoms with E-state index in [1.165, 1.54) is 15.6 Å². The van der Waals surface area contributed by atoms with E-state index in [2.05, 4.69) is 37.5 Å². The zero-order valence-electron chi connectivity index (χ0n) is 15.9. The summed E-state index contributed by atoms with van der Waals surface area (Å²) in [7, 11) is 1.62. The minimum absolute atomic E-state index is 0.0499. The number of carbonyl (C=O) groups excluding carboxylic acids is 1. The van der Waals surface area contributed by atoms with Crippen molar-refractivity contribution >= 4 is 22.5 Å². The van der Waals surface area contributed by atoms with Crippen molar-refractivity contribution in [3.05, 3.63) is 53.0 Å². The Kier molecular flexibility index (Phi) is 4.72. The molecule has 1 unspecified atom stereocenters. The molecule has 9 heteroatoms. The molecule has 0 saturated carbocycles. The van der Waals surface area contributed by atoms with Crippen LogP contribution in [0.2, 0.25) is 0 Å². The Morgan fingerprint density at radius 3 is 2.93 bits per heavy atom. The van der Waals surface area contributed by atoms with Crippen LogP contribution in [0.1, 0.15) is 12.7 Å². The van der Waals surface area contributed by atoms with Crippen molar-refractivity contribution in [2.24, 2.45) is 7.05 Å². The molecule has 0 radical (unpaired) electrons. The van der Waals surface area contributed by atoms with Crippen LogP contribution in [0, 0.1) is 0 Å². The van der Waals surface area contributed by atoms with Gasteiger partial charge in [-0.2, -0.15) is 5.10 Å². The number of carbonyl (C=O) groups is 1. The van der Waals surface area contributed by atoms with Gasteiger partial charge in [0, 0.05) is 61.6 Å². The average molecular weight is 381 g/mol. The Morgan fingerprint density at radius 2 is 2.18 bits per heavy atom. The number of urea groups is 1. The fourth-order valence-electron chi connectivity index (χ4n) is 3.65. The van der Waals surface area contributed by atoms with E-state index in [0.29, 0.717) is 12.4 Å². The number of H-pyrrole nitrogens is 1.